The average Bonchev–Trinajstić information content (AvgIpc) is 2.37. The van der Waals surface area contributed by atoms with Crippen molar-refractivity contribution in [3.05, 3.63) is 16.1 Å². The summed E-state index contributed by atoms with van der Waals surface area (Å²) >= 11 is 1.71. The molecule has 0 saturated heterocycles. The molecule has 0 bridgehead atoms. The van der Waals surface area contributed by atoms with Gasteiger partial charge in [0, 0.05) is 11.9 Å². The molecule has 2 nitrogen and oxygen atoms in total. The molecule has 0 radical (unpaired) electrons. The van der Waals surface area contributed by atoms with E-state index in [0.717, 1.165) is 18.5 Å². The second kappa shape index (κ2) is 7.80. The Bertz CT molecular complexity index is 203. The first-order valence-electron chi connectivity index (χ1n) is 3.50. The zero-order valence-corrected chi connectivity index (χ0v) is 9.40. The van der Waals surface area contributed by atoms with Gasteiger partial charge in [-0.3, -0.25) is 0 Å². The number of aromatic nitrogens is 1. The Morgan fingerprint density at radius 2 is 2.17 bits per heavy atom. The van der Waals surface area contributed by atoms with Crippen LogP contribution in [0.4, 0.5) is 0 Å². The average molecular weight is 229 g/mol. The summed E-state index contributed by atoms with van der Waals surface area (Å²) < 4.78 is 0. The highest BCUT2D eigenvalue weighted by molar-refractivity contribution is 7.09. The van der Waals surface area contributed by atoms with Crippen molar-refractivity contribution in [2.45, 2.75) is 26.3 Å². The number of rotatable bonds is 3. The fourth-order valence-electron chi connectivity index (χ4n) is 0.771. The van der Waals surface area contributed by atoms with Crippen LogP contribution in [0, 0.1) is 0 Å². The van der Waals surface area contributed by atoms with Gasteiger partial charge in [-0.1, -0.05) is 6.92 Å². The minimum Gasteiger partial charge on any atom is -0.325 e. The van der Waals surface area contributed by atoms with E-state index in [0.29, 0.717) is 6.54 Å². The SMILES string of the molecule is CCCc1nc(CN)cs1.Cl.Cl. The van der Waals surface area contributed by atoms with Gasteiger partial charge in [0.05, 0.1) is 10.7 Å². The lowest BCUT2D eigenvalue weighted by Gasteiger charge is -1.87. The second-order valence-corrected chi connectivity index (χ2v) is 3.13. The van der Waals surface area contributed by atoms with Crippen LogP contribution in [0.2, 0.25) is 0 Å². The Kier molecular flexibility index (Phi) is 9.54. The number of halogens is 2. The van der Waals surface area contributed by atoms with Gasteiger partial charge in [-0.25, -0.2) is 4.98 Å². The third-order valence-electron chi connectivity index (χ3n) is 1.27. The van der Waals surface area contributed by atoms with Crippen LogP contribution in [-0.2, 0) is 13.0 Å². The zero-order valence-electron chi connectivity index (χ0n) is 6.95. The molecule has 0 aliphatic carbocycles. The van der Waals surface area contributed by atoms with Crippen molar-refractivity contribution in [3.8, 4) is 0 Å². The Labute approximate surface area is 89.4 Å². The molecule has 1 aromatic heterocycles. The summed E-state index contributed by atoms with van der Waals surface area (Å²) in [6.07, 6.45) is 2.25. The topological polar surface area (TPSA) is 38.9 Å². The van der Waals surface area contributed by atoms with Crippen molar-refractivity contribution in [2.24, 2.45) is 5.73 Å². The Hall–Kier alpha value is 0.170. The molecule has 0 fully saturated rings. The molecule has 12 heavy (non-hydrogen) atoms. The maximum atomic E-state index is 5.40. The van der Waals surface area contributed by atoms with Crippen molar-refractivity contribution in [3.63, 3.8) is 0 Å². The summed E-state index contributed by atoms with van der Waals surface area (Å²) in [4.78, 5) is 4.31. The highest BCUT2D eigenvalue weighted by Gasteiger charge is 1.97. The standard InChI is InChI=1S/C7H12N2S.2ClH/c1-2-3-7-9-6(4-8)5-10-7;;/h5H,2-4,8H2,1H3;2*1H. The van der Waals surface area contributed by atoms with E-state index in [-0.39, 0.29) is 24.8 Å². The van der Waals surface area contributed by atoms with Gasteiger partial charge >= 0.3 is 0 Å². The lowest BCUT2D eigenvalue weighted by atomic mass is 10.3. The Balaban J connectivity index is 0. The molecule has 0 aliphatic rings. The third kappa shape index (κ3) is 4.26. The van der Waals surface area contributed by atoms with Gasteiger partial charge in [0.15, 0.2) is 0 Å². The number of hydrogen-bond acceptors (Lipinski definition) is 3. The van der Waals surface area contributed by atoms with E-state index in [4.69, 9.17) is 5.73 Å². The molecule has 72 valence electrons. The van der Waals surface area contributed by atoms with Gasteiger partial charge < -0.3 is 5.73 Å². The minimum absolute atomic E-state index is 0. The maximum absolute atomic E-state index is 5.40. The molecule has 0 amide bonds. The van der Waals surface area contributed by atoms with Gasteiger partial charge in [-0.15, -0.1) is 36.2 Å². The molecule has 2 N–H and O–H groups in total. The first-order valence-corrected chi connectivity index (χ1v) is 4.38. The first kappa shape index (κ1) is 14.7. The van der Waals surface area contributed by atoms with E-state index in [1.165, 1.54) is 5.01 Å². The molecule has 1 rings (SSSR count). The van der Waals surface area contributed by atoms with Crippen LogP contribution in [0.1, 0.15) is 24.0 Å². The quantitative estimate of drug-likeness (QED) is 0.864. The van der Waals surface area contributed by atoms with Crippen LogP contribution >= 0.6 is 36.2 Å². The highest BCUT2D eigenvalue weighted by atomic mass is 35.5. The van der Waals surface area contributed by atoms with E-state index < -0.39 is 0 Å². The van der Waals surface area contributed by atoms with Gasteiger partial charge in [0.25, 0.3) is 0 Å². The molecular weight excluding hydrogens is 215 g/mol. The zero-order chi connectivity index (χ0) is 7.40. The van der Waals surface area contributed by atoms with Crippen LogP contribution < -0.4 is 5.73 Å². The molecule has 1 heterocycles. The van der Waals surface area contributed by atoms with E-state index >= 15 is 0 Å². The molecule has 0 spiro atoms. The number of aryl methyl sites for hydroxylation is 1. The van der Waals surface area contributed by atoms with Gasteiger partial charge in [-0.2, -0.15) is 0 Å². The van der Waals surface area contributed by atoms with E-state index in [1.807, 2.05) is 5.38 Å². The van der Waals surface area contributed by atoms with Crippen LogP contribution in [0.5, 0.6) is 0 Å². The summed E-state index contributed by atoms with van der Waals surface area (Å²) in [6, 6.07) is 0. The Morgan fingerprint density at radius 1 is 1.50 bits per heavy atom. The lowest BCUT2D eigenvalue weighted by molar-refractivity contribution is 0.888. The summed E-state index contributed by atoms with van der Waals surface area (Å²) in [5.74, 6) is 0. The van der Waals surface area contributed by atoms with Crippen molar-refractivity contribution >= 4 is 36.2 Å². The third-order valence-corrected chi connectivity index (χ3v) is 2.23. The Morgan fingerprint density at radius 3 is 2.58 bits per heavy atom. The largest absolute Gasteiger partial charge is 0.325 e. The van der Waals surface area contributed by atoms with Crippen LogP contribution in [0.3, 0.4) is 0 Å². The fourth-order valence-corrected chi connectivity index (χ4v) is 1.68. The van der Waals surface area contributed by atoms with Crippen molar-refractivity contribution < 1.29 is 0 Å². The number of hydrogen-bond donors (Lipinski definition) is 1. The summed E-state index contributed by atoms with van der Waals surface area (Å²) in [5, 5.41) is 3.24. The van der Waals surface area contributed by atoms with Gasteiger partial charge in [-0.05, 0) is 12.8 Å². The van der Waals surface area contributed by atoms with E-state index in [1.54, 1.807) is 11.3 Å². The van der Waals surface area contributed by atoms with Crippen molar-refractivity contribution in [1.82, 2.24) is 4.98 Å². The predicted molar refractivity (Wildman–Crippen MR) is 58.5 cm³/mol. The molecule has 0 unspecified atom stereocenters. The molecule has 0 aliphatic heterocycles. The second-order valence-electron chi connectivity index (χ2n) is 2.19. The fraction of sp³-hybridized carbons (Fsp3) is 0.571. The summed E-state index contributed by atoms with van der Waals surface area (Å²) in [6.45, 7) is 2.73. The summed E-state index contributed by atoms with van der Waals surface area (Å²) in [7, 11) is 0. The van der Waals surface area contributed by atoms with Crippen LogP contribution in [0.25, 0.3) is 0 Å². The molecule has 5 heteroatoms. The van der Waals surface area contributed by atoms with Crippen molar-refractivity contribution in [1.29, 1.82) is 0 Å². The lowest BCUT2D eigenvalue weighted by Crippen LogP contribution is -1.96. The van der Waals surface area contributed by atoms with Crippen molar-refractivity contribution in [2.75, 3.05) is 0 Å². The highest BCUT2D eigenvalue weighted by Crippen LogP contribution is 2.10. The normalized spacial score (nSPS) is 8.50. The number of thiazole rings is 1. The van der Waals surface area contributed by atoms with Crippen LogP contribution in [-0.4, -0.2) is 4.98 Å². The smallest absolute Gasteiger partial charge is 0.0928 e. The molecule has 1 aromatic rings. The minimum atomic E-state index is 0. The maximum Gasteiger partial charge on any atom is 0.0928 e. The predicted octanol–water partition coefficient (Wildman–Crippen LogP) is 2.40. The van der Waals surface area contributed by atoms with E-state index in [9.17, 15) is 0 Å². The van der Waals surface area contributed by atoms with Gasteiger partial charge in [0.2, 0.25) is 0 Å². The summed E-state index contributed by atoms with van der Waals surface area (Å²) in [5.41, 5.74) is 6.43. The first-order chi connectivity index (χ1) is 4.86. The van der Waals surface area contributed by atoms with Gasteiger partial charge in [0.1, 0.15) is 0 Å². The molecular formula is C7H14Cl2N2S. The molecule has 0 saturated carbocycles. The number of nitrogens with two attached hydrogens (primary N) is 1. The van der Waals surface area contributed by atoms with Crippen LogP contribution in [0.15, 0.2) is 5.38 Å². The molecule has 0 aromatic carbocycles. The van der Waals surface area contributed by atoms with E-state index in [2.05, 4.69) is 11.9 Å². The monoisotopic (exact) mass is 228 g/mol. The number of nitrogens with zero attached hydrogens (tertiary/aromatic N) is 1. The molecule has 0 atom stereocenters.